The predicted octanol–water partition coefficient (Wildman–Crippen LogP) is 2.62. The van der Waals surface area contributed by atoms with E-state index in [9.17, 15) is 20.0 Å². The molecule has 1 N–H and O–H groups in total. The average Bonchev–Trinajstić information content (AvgIpc) is 2.45. The molecule has 0 heterocycles. The van der Waals surface area contributed by atoms with Crippen LogP contribution >= 0.6 is 11.6 Å². The van der Waals surface area contributed by atoms with Gasteiger partial charge in [0.2, 0.25) is 0 Å². The highest BCUT2D eigenvalue weighted by molar-refractivity contribution is 6.31. The summed E-state index contributed by atoms with van der Waals surface area (Å²) in [6, 6.07) is 3.59. The summed E-state index contributed by atoms with van der Waals surface area (Å²) in [5.74, 6) is -0.491. The van der Waals surface area contributed by atoms with Crippen LogP contribution in [-0.2, 0) is 0 Å². The minimum absolute atomic E-state index is 0.0484. The average molecular weight is 313 g/mol. The molecule has 0 aromatic heterocycles. The van der Waals surface area contributed by atoms with Crippen LogP contribution in [0.4, 0.5) is 5.69 Å². The van der Waals surface area contributed by atoms with E-state index in [-0.39, 0.29) is 22.3 Å². The first-order valence-corrected chi connectivity index (χ1v) is 7.18. The van der Waals surface area contributed by atoms with Gasteiger partial charge in [0.25, 0.3) is 11.6 Å². The Labute approximate surface area is 127 Å². The van der Waals surface area contributed by atoms with Crippen molar-refractivity contribution in [3.05, 3.63) is 38.9 Å². The van der Waals surface area contributed by atoms with Crippen molar-refractivity contribution in [3.63, 3.8) is 0 Å². The van der Waals surface area contributed by atoms with E-state index in [0.29, 0.717) is 12.8 Å². The fraction of sp³-hybridized carbons (Fsp3) is 0.500. The van der Waals surface area contributed by atoms with Crippen LogP contribution in [0.25, 0.3) is 0 Å². The number of hydrogen-bond donors (Lipinski definition) is 1. The van der Waals surface area contributed by atoms with Crippen molar-refractivity contribution in [2.45, 2.75) is 37.8 Å². The molecule has 1 aromatic carbocycles. The van der Waals surface area contributed by atoms with Crippen molar-refractivity contribution < 1.29 is 14.8 Å². The van der Waals surface area contributed by atoms with Crippen LogP contribution in [0.15, 0.2) is 18.2 Å². The highest BCUT2D eigenvalue weighted by Gasteiger charge is 2.32. The van der Waals surface area contributed by atoms with Crippen LogP contribution in [0.3, 0.4) is 0 Å². The van der Waals surface area contributed by atoms with E-state index in [0.717, 1.165) is 12.8 Å². The standard InChI is InChI=1S/C14H17ClN2O4/c1-16(12-4-2-3-5-13(12)18)14(19)10-8-9(15)6-7-11(10)17(20)21/h6-8,12-13,18H,2-5H2,1H3. The number of amides is 1. The van der Waals surface area contributed by atoms with Gasteiger partial charge in [-0.25, -0.2) is 0 Å². The molecule has 1 fully saturated rings. The topological polar surface area (TPSA) is 83.7 Å². The molecule has 1 aliphatic rings. The quantitative estimate of drug-likeness (QED) is 0.687. The van der Waals surface area contributed by atoms with E-state index in [1.165, 1.54) is 23.1 Å². The van der Waals surface area contributed by atoms with Gasteiger partial charge in [-0.2, -0.15) is 0 Å². The monoisotopic (exact) mass is 312 g/mol. The number of carbonyl (C=O) groups excluding carboxylic acids is 1. The summed E-state index contributed by atoms with van der Waals surface area (Å²) < 4.78 is 0. The van der Waals surface area contributed by atoms with Crippen molar-refractivity contribution in [1.29, 1.82) is 0 Å². The summed E-state index contributed by atoms with van der Waals surface area (Å²) in [6.07, 6.45) is 2.59. The third-order valence-corrected chi connectivity index (χ3v) is 4.13. The first-order valence-electron chi connectivity index (χ1n) is 6.81. The molecule has 7 heteroatoms. The van der Waals surface area contributed by atoms with Crippen LogP contribution < -0.4 is 0 Å². The van der Waals surface area contributed by atoms with Gasteiger partial charge in [0, 0.05) is 18.1 Å². The molecule has 1 saturated carbocycles. The van der Waals surface area contributed by atoms with Crippen LogP contribution in [0.2, 0.25) is 5.02 Å². The van der Waals surface area contributed by atoms with Crippen molar-refractivity contribution >= 4 is 23.2 Å². The van der Waals surface area contributed by atoms with Gasteiger partial charge >= 0.3 is 0 Å². The minimum atomic E-state index is -0.602. The Morgan fingerprint density at radius 2 is 2.10 bits per heavy atom. The Bertz CT molecular complexity index is 564. The van der Waals surface area contributed by atoms with E-state index in [4.69, 9.17) is 11.6 Å². The Morgan fingerprint density at radius 3 is 2.71 bits per heavy atom. The molecule has 1 amide bonds. The lowest BCUT2D eigenvalue weighted by molar-refractivity contribution is -0.385. The second-order valence-electron chi connectivity index (χ2n) is 5.25. The summed E-state index contributed by atoms with van der Waals surface area (Å²) in [7, 11) is 1.56. The Hall–Kier alpha value is -1.66. The molecule has 114 valence electrons. The zero-order chi connectivity index (χ0) is 15.6. The largest absolute Gasteiger partial charge is 0.391 e. The van der Waals surface area contributed by atoms with Gasteiger partial charge < -0.3 is 10.0 Å². The number of halogens is 1. The van der Waals surface area contributed by atoms with Crippen LogP contribution in [0.5, 0.6) is 0 Å². The highest BCUT2D eigenvalue weighted by atomic mass is 35.5. The highest BCUT2D eigenvalue weighted by Crippen LogP contribution is 2.27. The minimum Gasteiger partial charge on any atom is -0.391 e. The van der Waals surface area contributed by atoms with Crippen molar-refractivity contribution in [2.75, 3.05) is 7.05 Å². The second-order valence-corrected chi connectivity index (χ2v) is 5.69. The predicted molar refractivity (Wildman–Crippen MR) is 78.5 cm³/mol. The molecule has 21 heavy (non-hydrogen) atoms. The molecule has 0 spiro atoms. The van der Waals surface area contributed by atoms with E-state index < -0.39 is 16.9 Å². The number of aliphatic hydroxyl groups is 1. The number of benzene rings is 1. The zero-order valence-corrected chi connectivity index (χ0v) is 12.4. The van der Waals surface area contributed by atoms with E-state index in [1.807, 2.05) is 0 Å². The van der Waals surface area contributed by atoms with Crippen LogP contribution in [0.1, 0.15) is 36.0 Å². The van der Waals surface area contributed by atoms with Crippen molar-refractivity contribution in [1.82, 2.24) is 4.90 Å². The van der Waals surface area contributed by atoms with Gasteiger partial charge in [-0.3, -0.25) is 14.9 Å². The maximum absolute atomic E-state index is 12.5. The normalized spacial score (nSPS) is 21.9. The molecule has 0 aliphatic heterocycles. The maximum Gasteiger partial charge on any atom is 0.282 e. The molecule has 6 nitrogen and oxygen atoms in total. The number of likely N-dealkylation sites (N-methyl/N-ethyl adjacent to an activating group) is 1. The van der Waals surface area contributed by atoms with Crippen LogP contribution in [-0.4, -0.2) is 40.0 Å². The third-order valence-electron chi connectivity index (χ3n) is 3.90. The van der Waals surface area contributed by atoms with Gasteiger partial charge in [0.1, 0.15) is 5.56 Å². The lowest BCUT2D eigenvalue weighted by Gasteiger charge is -2.35. The lowest BCUT2D eigenvalue weighted by Crippen LogP contribution is -2.46. The van der Waals surface area contributed by atoms with Crippen molar-refractivity contribution in [2.24, 2.45) is 0 Å². The number of hydrogen-bond acceptors (Lipinski definition) is 4. The Morgan fingerprint density at radius 1 is 1.43 bits per heavy atom. The lowest BCUT2D eigenvalue weighted by atomic mass is 9.91. The Balaban J connectivity index is 2.30. The summed E-state index contributed by atoms with van der Waals surface area (Å²) >= 11 is 5.84. The first kappa shape index (κ1) is 15.7. The van der Waals surface area contributed by atoms with E-state index >= 15 is 0 Å². The Kier molecular flexibility index (Phi) is 4.80. The van der Waals surface area contributed by atoms with Gasteiger partial charge in [0.15, 0.2) is 0 Å². The number of nitro benzene ring substituents is 1. The number of carbonyl (C=O) groups is 1. The molecular weight excluding hydrogens is 296 g/mol. The number of rotatable bonds is 3. The summed E-state index contributed by atoms with van der Waals surface area (Å²) in [6.45, 7) is 0. The third kappa shape index (κ3) is 3.33. The maximum atomic E-state index is 12.5. The first-order chi connectivity index (χ1) is 9.91. The van der Waals surface area contributed by atoms with E-state index in [2.05, 4.69) is 0 Å². The SMILES string of the molecule is CN(C(=O)c1cc(Cl)ccc1[N+](=O)[O-])C1CCCCC1O. The molecule has 2 atom stereocenters. The molecule has 2 rings (SSSR count). The van der Waals surface area contributed by atoms with E-state index in [1.54, 1.807) is 7.05 Å². The zero-order valence-electron chi connectivity index (χ0n) is 11.7. The van der Waals surface area contributed by atoms with Gasteiger partial charge in [-0.05, 0) is 25.0 Å². The number of aliphatic hydroxyl groups excluding tert-OH is 1. The summed E-state index contributed by atoms with van der Waals surface area (Å²) in [5, 5.41) is 21.3. The molecule has 0 bridgehead atoms. The summed E-state index contributed by atoms with van der Waals surface area (Å²) in [4.78, 5) is 24.4. The van der Waals surface area contributed by atoms with Crippen LogP contribution in [0, 0.1) is 10.1 Å². The number of nitrogens with zero attached hydrogens (tertiary/aromatic N) is 2. The van der Waals surface area contributed by atoms with Crippen molar-refractivity contribution in [3.8, 4) is 0 Å². The summed E-state index contributed by atoms with van der Waals surface area (Å²) in [5.41, 5.74) is -0.325. The smallest absolute Gasteiger partial charge is 0.282 e. The fourth-order valence-corrected chi connectivity index (χ4v) is 2.89. The molecule has 0 radical (unpaired) electrons. The fourth-order valence-electron chi connectivity index (χ4n) is 2.72. The molecular formula is C14H17ClN2O4. The molecule has 0 saturated heterocycles. The van der Waals surface area contributed by atoms with Gasteiger partial charge in [0.05, 0.1) is 17.1 Å². The molecule has 1 aliphatic carbocycles. The van der Waals surface area contributed by atoms with Gasteiger partial charge in [-0.15, -0.1) is 0 Å². The second kappa shape index (κ2) is 6.41. The number of nitro groups is 1. The molecule has 1 aromatic rings. The molecule has 2 unspecified atom stereocenters. The van der Waals surface area contributed by atoms with Gasteiger partial charge in [-0.1, -0.05) is 24.4 Å².